The van der Waals surface area contributed by atoms with E-state index in [1.54, 1.807) is 24.3 Å². The fraction of sp³-hybridized carbons (Fsp3) is 0. The molecule has 0 radical (unpaired) electrons. The second kappa shape index (κ2) is 5.13. The van der Waals surface area contributed by atoms with Gasteiger partial charge in [0.1, 0.15) is 0 Å². The summed E-state index contributed by atoms with van der Waals surface area (Å²) in [5.41, 5.74) is 0.423. The van der Waals surface area contributed by atoms with Gasteiger partial charge in [0.25, 0.3) is 0 Å². The third-order valence-corrected chi connectivity index (χ3v) is 3.05. The summed E-state index contributed by atoms with van der Waals surface area (Å²) in [5.74, 6) is -1.18. The molecule has 0 aliphatic carbocycles. The minimum Gasteiger partial charge on any atom is -0.420 e. The summed E-state index contributed by atoms with van der Waals surface area (Å²) in [6.07, 6.45) is 0. The summed E-state index contributed by atoms with van der Waals surface area (Å²) in [7, 11) is 0. The van der Waals surface area contributed by atoms with Gasteiger partial charge in [-0.2, -0.15) is 0 Å². The Balaban J connectivity index is 1.99. The largest absolute Gasteiger partial charge is 0.420 e. The Labute approximate surface area is 115 Å². The van der Waals surface area contributed by atoms with Gasteiger partial charge in [-0.15, -0.1) is 0 Å². The van der Waals surface area contributed by atoms with Crippen molar-refractivity contribution in [2.75, 3.05) is 0 Å². The molecule has 2 nitrogen and oxygen atoms in total. The molecule has 0 aromatic heterocycles. The van der Waals surface area contributed by atoms with Crippen molar-refractivity contribution < 1.29 is 13.9 Å². The molecule has 0 bridgehead atoms. The molecule has 0 amide bonds. The summed E-state index contributed by atoms with van der Waals surface area (Å²) < 4.78 is 18.6. The number of ether oxygens (including phenoxy) is 1. The number of halogens is 1. The molecule has 3 aromatic carbocycles. The number of carbonyl (C=O) groups excluding carboxylic acids is 1. The summed E-state index contributed by atoms with van der Waals surface area (Å²) >= 11 is 0. The van der Waals surface area contributed by atoms with Gasteiger partial charge in [-0.3, -0.25) is 0 Å². The van der Waals surface area contributed by atoms with E-state index in [-0.39, 0.29) is 5.75 Å². The highest BCUT2D eigenvalue weighted by atomic mass is 19.1. The van der Waals surface area contributed by atoms with Gasteiger partial charge in [0.15, 0.2) is 11.6 Å². The Bertz CT molecular complexity index is 775. The Morgan fingerprint density at radius 1 is 0.850 bits per heavy atom. The van der Waals surface area contributed by atoms with Crippen LogP contribution in [0.3, 0.4) is 0 Å². The van der Waals surface area contributed by atoms with Crippen LogP contribution in [0.2, 0.25) is 0 Å². The van der Waals surface area contributed by atoms with Crippen LogP contribution in [0, 0.1) is 5.82 Å². The minimum absolute atomic E-state index is 0.0644. The highest BCUT2D eigenvalue weighted by Crippen LogP contribution is 2.22. The van der Waals surface area contributed by atoms with Gasteiger partial charge in [-0.05, 0) is 29.0 Å². The lowest BCUT2D eigenvalue weighted by molar-refractivity contribution is 0.0730. The SMILES string of the molecule is O=C(Oc1ccccc1F)c1cccc2ccccc12. The molecule has 20 heavy (non-hydrogen) atoms. The number of carbonyl (C=O) groups is 1. The zero-order chi connectivity index (χ0) is 13.9. The van der Waals surface area contributed by atoms with Gasteiger partial charge in [-0.25, -0.2) is 9.18 Å². The molecule has 0 aliphatic rings. The van der Waals surface area contributed by atoms with Crippen LogP contribution in [0.1, 0.15) is 10.4 Å². The first kappa shape index (κ1) is 12.4. The number of benzene rings is 3. The van der Waals surface area contributed by atoms with Crippen LogP contribution < -0.4 is 4.74 Å². The lowest BCUT2D eigenvalue weighted by Crippen LogP contribution is -2.10. The standard InChI is InChI=1S/C17H11FO2/c18-15-10-3-4-11-16(15)20-17(19)14-9-5-7-12-6-1-2-8-13(12)14/h1-11H. The molecular formula is C17H11FO2. The van der Waals surface area contributed by atoms with Crippen molar-refractivity contribution in [3.8, 4) is 5.75 Å². The zero-order valence-electron chi connectivity index (χ0n) is 10.5. The Kier molecular flexibility index (Phi) is 3.17. The Morgan fingerprint density at radius 3 is 2.40 bits per heavy atom. The summed E-state index contributed by atoms with van der Waals surface area (Å²) in [5, 5.41) is 1.73. The third-order valence-electron chi connectivity index (χ3n) is 3.05. The maximum atomic E-state index is 13.5. The van der Waals surface area contributed by atoms with E-state index >= 15 is 0 Å². The van der Waals surface area contributed by atoms with E-state index in [2.05, 4.69) is 0 Å². The Morgan fingerprint density at radius 2 is 1.55 bits per heavy atom. The molecule has 0 fully saturated rings. The molecule has 0 N–H and O–H groups in total. The average Bonchev–Trinajstić information content (AvgIpc) is 2.49. The van der Waals surface area contributed by atoms with E-state index in [4.69, 9.17) is 4.74 Å². The van der Waals surface area contributed by atoms with Gasteiger partial charge in [0.05, 0.1) is 5.56 Å². The van der Waals surface area contributed by atoms with E-state index < -0.39 is 11.8 Å². The van der Waals surface area contributed by atoms with E-state index in [0.29, 0.717) is 5.56 Å². The lowest BCUT2D eigenvalue weighted by atomic mass is 10.0. The maximum absolute atomic E-state index is 13.5. The van der Waals surface area contributed by atoms with Crippen molar-refractivity contribution >= 4 is 16.7 Å². The van der Waals surface area contributed by atoms with Crippen molar-refractivity contribution in [2.24, 2.45) is 0 Å². The van der Waals surface area contributed by atoms with E-state index in [1.807, 2.05) is 30.3 Å². The smallest absolute Gasteiger partial charge is 0.344 e. The number of hydrogen-bond donors (Lipinski definition) is 0. The topological polar surface area (TPSA) is 26.3 Å². The van der Waals surface area contributed by atoms with Crippen LogP contribution in [0.25, 0.3) is 10.8 Å². The highest BCUT2D eigenvalue weighted by Gasteiger charge is 2.13. The van der Waals surface area contributed by atoms with Crippen LogP contribution in [-0.4, -0.2) is 5.97 Å². The molecule has 0 unspecified atom stereocenters. The van der Waals surface area contributed by atoms with Gasteiger partial charge in [0, 0.05) is 0 Å². The van der Waals surface area contributed by atoms with Gasteiger partial charge >= 0.3 is 5.97 Å². The molecule has 3 heteroatoms. The van der Waals surface area contributed by atoms with Crippen LogP contribution in [0.15, 0.2) is 66.7 Å². The fourth-order valence-corrected chi connectivity index (χ4v) is 2.09. The van der Waals surface area contributed by atoms with Crippen molar-refractivity contribution in [2.45, 2.75) is 0 Å². The molecular weight excluding hydrogens is 255 g/mol. The molecule has 3 rings (SSSR count). The van der Waals surface area contributed by atoms with Crippen LogP contribution in [-0.2, 0) is 0 Å². The van der Waals surface area contributed by atoms with Crippen LogP contribution >= 0.6 is 0 Å². The summed E-state index contributed by atoms with van der Waals surface area (Å²) in [6.45, 7) is 0. The first-order valence-electron chi connectivity index (χ1n) is 6.20. The van der Waals surface area contributed by atoms with Gasteiger partial charge < -0.3 is 4.74 Å². The van der Waals surface area contributed by atoms with Gasteiger partial charge in [-0.1, -0.05) is 48.5 Å². The number of hydrogen-bond acceptors (Lipinski definition) is 2. The van der Waals surface area contributed by atoms with E-state index in [0.717, 1.165) is 10.8 Å². The second-order valence-corrected chi connectivity index (χ2v) is 4.35. The number of rotatable bonds is 2. The lowest BCUT2D eigenvalue weighted by Gasteiger charge is -2.07. The van der Waals surface area contributed by atoms with Crippen LogP contribution in [0.4, 0.5) is 4.39 Å². The van der Waals surface area contributed by atoms with Crippen molar-refractivity contribution in [3.05, 3.63) is 78.1 Å². The van der Waals surface area contributed by atoms with Crippen molar-refractivity contribution in [1.29, 1.82) is 0 Å². The van der Waals surface area contributed by atoms with Gasteiger partial charge in [0.2, 0.25) is 0 Å². The minimum atomic E-state index is -0.563. The highest BCUT2D eigenvalue weighted by molar-refractivity contribution is 6.05. The molecule has 0 atom stereocenters. The monoisotopic (exact) mass is 266 g/mol. The predicted octanol–water partition coefficient (Wildman–Crippen LogP) is 4.20. The number of esters is 1. The normalized spacial score (nSPS) is 10.4. The molecule has 0 aliphatic heterocycles. The first-order valence-corrected chi connectivity index (χ1v) is 6.20. The van der Waals surface area contributed by atoms with E-state index in [1.165, 1.54) is 12.1 Å². The first-order chi connectivity index (χ1) is 9.75. The predicted molar refractivity (Wildman–Crippen MR) is 75.3 cm³/mol. The average molecular weight is 266 g/mol. The quantitative estimate of drug-likeness (QED) is 0.513. The summed E-state index contributed by atoms with van der Waals surface area (Å²) in [4.78, 5) is 12.2. The zero-order valence-corrected chi connectivity index (χ0v) is 10.5. The molecule has 0 saturated carbocycles. The summed E-state index contributed by atoms with van der Waals surface area (Å²) in [6, 6.07) is 18.7. The third kappa shape index (κ3) is 2.26. The molecule has 0 spiro atoms. The fourth-order valence-electron chi connectivity index (χ4n) is 2.09. The number of para-hydroxylation sites is 1. The second-order valence-electron chi connectivity index (χ2n) is 4.35. The van der Waals surface area contributed by atoms with Crippen molar-refractivity contribution in [1.82, 2.24) is 0 Å². The van der Waals surface area contributed by atoms with E-state index in [9.17, 15) is 9.18 Å². The molecule has 3 aromatic rings. The molecule has 98 valence electrons. The van der Waals surface area contributed by atoms with Crippen LogP contribution in [0.5, 0.6) is 5.75 Å². The number of fused-ring (bicyclic) bond motifs is 1. The maximum Gasteiger partial charge on any atom is 0.344 e. The molecule has 0 saturated heterocycles. The molecule has 0 heterocycles. The van der Waals surface area contributed by atoms with Crippen molar-refractivity contribution in [3.63, 3.8) is 0 Å². The Hall–Kier alpha value is -2.68.